The second kappa shape index (κ2) is 4.17. The van der Waals surface area contributed by atoms with Gasteiger partial charge in [-0.2, -0.15) is 16.8 Å². The predicted octanol–water partition coefficient (Wildman–Crippen LogP) is 1.04. The minimum absolute atomic E-state index is 0.194. The molecule has 2 aromatic rings. The van der Waals surface area contributed by atoms with Gasteiger partial charge in [0, 0.05) is 5.39 Å². The third-order valence-corrected chi connectivity index (χ3v) is 4.28. The van der Waals surface area contributed by atoms with E-state index in [1.807, 2.05) is 0 Å². The highest BCUT2D eigenvalue weighted by Crippen LogP contribution is 2.35. The van der Waals surface area contributed by atoms with E-state index < -0.39 is 35.8 Å². The number of phenolic OH excluding ortho intramolecular Hbond substituents is 1. The lowest BCUT2D eigenvalue weighted by atomic mass is 10.1. The second-order valence-electron chi connectivity index (χ2n) is 3.72. The molecule has 0 heterocycles. The zero-order chi connectivity index (χ0) is 14.4. The molecular formula is C10H8O7S2. The summed E-state index contributed by atoms with van der Waals surface area (Å²) in [5, 5.41) is 9.63. The topological polar surface area (TPSA) is 129 Å². The fourth-order valence-electron chi connectivity index (χ4n) is 1.73. The summed E-state index contributed by atoms with van der Waals surface area (Å²) in [4.78, 5) is -1.48. The molecule has 0 aliphatic heterocycles. The SMILES string of the molecule is O=S(=O)(O)c1ccc2cccc(S(=O)(=O)O)c2c1O. The number of aromatic hydroxyl groups is 1. The standard InChI is InChI=1S/C10H8O7S2/c11-10-8(19(15,16)17)5-4-6-2-1-3-7(9(6)10)18(12,13)14/h1-5,11H,(H,12,13,14)(H,15,16,17). The Morgan fingerprint density at radius 2 is 1.37 bits per heavy atom. The van der Waals surface area contributed by atoms with Crippen molar-refractivity contribution >= 4 is 31.0 Å². The first kappa shape index (κ1) is 13.7. The molecule has 0 unspecified atom stereocenters. The molecule has 0 radical (unpaired) electrons. The number of hydrogen-bond donors (Lipinski definition) is 3. The van der Waals surface area contributed by atoms with Crippen molar-refractivity contribution in [2.45, 2.75) is 9.79 Å². The van der Waals surface area contributed by atoms with Gasteiger partial charge in [0.2, 0.25) is 0 Å². The summed E-state index contributed by atoms with van der Waals surface area (Å²) in [6, 6.07) is 5.87. The number of benzene rings is 2. The molecule has 0 atom stereocenters. The van der Waals surface area contributed by atoms with Gasteiger partial charge in [0.25, 0.3) is 20.2 Å². The van der Waals surface area contributed by atoms with Crippen LogP contribution in [0, 0.1) is 0 Å². The van der Waals surface area contributed by atoms with Crippen LogP contribution in [0.15, 0.2) is 40.1 Å². The third kappa shape index (κ3) is 2.40. The molecule has 0 saturated heterocycles. The summed E-state index contributed by atoms with van der Waals surface area (Å²) >= 11 is 0. The number of phenols is 1. The van der Waals surface area contributed by atoms with Crippen LogP contribution in [0.25, 0.3) is 10.8 Å². The van der Waals surface area contributed by atoms with Crippen LogP contribution < -0.4 is 0 Å². The summed E-state index contributed by atoms with van der Waals surface area (Å²) in [5.41, 5.74) is 0. The molecular weight excluding hydrogens is 296 g/mol. The van der Waals surface area contributed by atoms with Gasteiger partial charge in [-0.1, -0.05) is 18.2 Å². The summed E-state index contributed by atoms with van der Waals surface area (Å²) < 4.78 is 62.4. The van der Waals surface area contributed by atoms with Gasteiger partial charge < -0.3 is 5.11 Å². The minimum Gasteiger partial charge on any atom is -0.506 e. The predicted molar refractivity (Wildman–Crippen MR) is 65.2 cm³/mol. The van der Waals surface area contributed by atoms with Crippen LogP contribution in [0.4, 0.5) is 0 Å². The summed E-state index contributed by atoms with van der Waals surface area (Å²) in [6.07, 6.45) is 0. The van der Waals surface area contributed by atoms with Crippen LogP contribution in [0.3, 0.4) is 0 Å². The molecule has 0 bridgehead atoms. The molecule has 9 heteroatoms. The van der Waals surface area contributed by atoms with Crippen molar-refractivity contribution < 1.29 is 31.0 Å². The quantitative estimate of drug-likeness (QED) is 0.707. The Bertz CT molecular complexity index is 866. The monoisotopic (exact) mass is 304 g/mol. The second-order valence-corrected chi connectivity index (χ2v) is 6.50. The number of hydrogen-bond acceptors (Lipinski definition) is 5. The maximum absolute atomic E-state index is 11.2. The van der Waals surface area contributed by atoms with Gasteiger partial charge >= 0.3 is 0 Å². The Morgan fingerprint density at radius 3 is 1.89 bits per heavy atom. The molecule has 0 spiro atoms. The van der Waals surface area contributed by atoms with E-state index in [1.165, 1.54) is 18.2 Å². The van der Waals surface area contributed by atoms with Crippen LogP contribution >= 0.6 is 0 Å². The molecule has 0 aliphatic carbocycles. The van der Waals surface area contributed by atoms with Crippen molar-refractivity contribution in [2.75, 3.05) is 0 Å². The van der Waals surface area contributed by atoms with Gasteiger partial charge in [0.1, 0.15) is 15.5 Å². The van der Waals surface area contributed by atoms with E-state index in [4.69, 9.17) is 9.11 Å². The Labute approximate surface area is 108 Å². The van der Waals surface area contributed by atoms with Gasteiger partial charge in [0.05, 0.1) is 0 Å². The highest BCUT2D eigenvalue weighted by molar-refractivity contribution is 7.86. The molecule has 19 heavy (non-hydrogen) atoms. The van der Waals surface area contributed by atoms with Crippen molar-refractivity contribution in [2.24, 2.45) is 0 Å². The Hall–Kier alpha value is -1.68. The van der Waals surface area contributed by atoms with Crippen LogP contribution in [0.1, 0.15) is 0 Å². The molecule has 3 N–H and O–H groups in total. The molecule has 2 aromatic carbocycles. The molecule has 0 fully saturated rings. The maximum Gasteiger partial charge on any atom is 0.298 e. The van der Waals surface area contributed by atoms with E-state index in [1.54, 1.807) is 0 Å². The average molecular weight is 304 g/mol. The number of fused-ring (bicyclic) bond motifs is 1. The Kier molecular flexibility index (Phi) is 3.01. The van der Waals surface area contributed by atoms with Gasteiger partial charge in [-0.25, -0.2) is 0 Å². The van der Waals surface area contributed by atoms with Crippen molar-refractivity contribution in [3.8, 4) is 5.75 Å². The van der Waals surface area contributed by atoms with E-state index in [0.29, 0.717) is 0 Å². The van der Waals surface area contributed by atoms with Gasteiger partial charge in [-0.15, -0.1) is 0 Å². The van der Waals surface area contributed by atoms with Crippen LogP contribution in [-0.4, -0.2) is 31.0 Å². The Balaban J connectivity index is 3.05. The van der Waals surface area contributed by atoms with Crippen LogP contribution in [-0.2, 0) is 20.2 Å². The van der Waals surface area contributed by atoms with E-state index in [2.05, 4.69) is 0 Å². The fourth-order valence-corrected chi connectivity index (χ4v) is 3.04. The first-order valence-corrected chi connectivity index (χ1v) is 7.70. The van der Waals surface area contributed by atoms with Crippen molar-refractivity contribution in [1.82, 2.24) is 0 Å². The zero-order valence-corrected chi connectivity index (χ0v) is 10.8. The third-order valence-electron chi connectivity index (χ3n) is 2.50. The smallest absolute Gasteiger partial charge is 0.298 e. The lowest BCUT2D eigenvalue weighted by Crippen LogP contribution is -2.02. The summed E-state index contributed by atoms with van der Waals surface area (Å²) in [7, 11) is -9.36. The maximum atomic E-state index is 11.2. The first-order valence-electron chi connectivity index (χ1n) is 4.82. The lowest BCUT2D eigenvalue weighted by molar-refractivity contribution is 0.446. The molecule has 0 aromatic heterocycles. The van der Waals surface area contributed by atoms with Crippen molar-refractivity contribution in [3.05, 3.63) is 30.3 Å². The van der Waals surface area contributed by atoms with Gasteiger partial charge in [-0.05, 0) is 17.5 Å². The lowest BCUT2D eigenvalue weighted by Gasteiger charge is -2.08. The van der Waals surface area contributed by atoms with Crippen molar-refractivity contribution in [1.29, 1.82) is 0 Å². The largest absolute Gasteiger partial charge is 0.506 e. The first-order chi connectivity index (χ1) is 8.62. The normalized spacial score (nSPS) is 12.7. The van der Waals surface area contributed by atoms with Crippen LogP contribution in [0.5, 0.6) is 5.75 Å². The van der Waals surface area contributed by atoms with Crippen molar-refractivity contribution in [3.63, 3.8) is 0 Å². The number of rotatable bonds is 2. The van der Waals surface area contributed by atoms with E-state index in [9.17, 15) is 21.9 Å². The molecule has 0 aliphatic rings. The summed E-state index contributed by atoms with van der Waals surface area (Å²) in [6.45, 7) is 0. The molecule has 2 rings (SSSR count). The molecule has 7 nitrogen and oxygen atoms in total. The molecule has 0 saturated carbocycles. The van der Waals surface area contributed by atoms with Crippen LogP contribution in [0.2, 0.25) is 0 Å². The van der Waals surface area contributed by atoms with E-state index in [-0.39, 0.29) is 10.8 Å². The molecule has 102 valence electrons. The summed E-state index contributed by atoms with van der Waals surface area (Å²) in [5.74, 6) is -0.937. The Morgan fingerprint density at radius 1 is 0.789 bits per heavy atom. The zero-order valence-electron chi connectivity index (χ0n) is 9.18. The van der Waals surface area contributed by atoms with E-state index >= 15 is 0 Å². The average Bonchev–Trinajstić information content (AvgIpc) is 2.25. The minimum atomic E-state index is -4.71. The molecule has 0 amide bonds. The van der Waals surface area contributed by atoms with Gasteiger partial charge in [0.15, 0.2) is 0 Å². The highest BCUT2D eigenvalue weighted by Gasteiger charge is 2.22. The highest BCUT2D eigenvalue weighted by atomic mass is 32.2. The fraction of sp³-hybridized carbons (Fsp3) is 0. The van der Waals surface area contributed by atoms with Gasteiger partial charge in [-0.3, -0.25) is 9.11 Å². The van der Waals surface area contributed by atoms with E-state index in [0.717, 1.165) is 12.1 Å².